The van der Waals surface area contributed by atoms with Gasteiger partial charge in [-0.25, -0.2) is 9.48 Å². The Morgan fingerprint density at radius 1 is 1.00 bits per heavy atom. The highest BCUT2D eigenvalue weighted by atomic mass is 16.5. The van der Waals surface area contributed by atoms with Gasteiger partial charge in [-0.2, -0.15) is 5.10 Å². The minimum atomic E-state index is -0.319. The minimum absolute atomic E-state index is 0.105. The summed E-state index contributed by atoms with van der Waals surface area (Å²) in [5.41, 5.74) is 5.39. The number of aryl methyl sites for hydroxylation is 1. The van der Waals surface area contributed by atoms with Crippen LogP contribution in [0.1, 0.15) is 106 Å². The lowest BCUT2D eigenvalue weighted by molar-refractivity contribution is 0.0486. The second-order valence-corrected chi connectivity index (χ2v) is 13.2. The van der Waals surface area contributed by atoms with E-state index in [0.717, 1.165) is 59.1 Å². The van der Waals surface area contributed by atoms with Crippen LogP contribution in [0.4, 0.5) is 0 Å². The van der Waals surface area contributed by atoms with Crippen LogP contribution < -0.4 is 4.74 Å². The predicted octanol–water partition coefficient (Wildman–Crippen LogP) is 7.88. The van der Waals surface area contributed by atoms with E-state index in [4.69, 9.17) is 14.6 Å². The lowest BCUT2D eigenvalue weighted by atomic mass is 9.85. The quantitative estimate of drug-likeness (QED) is 0.155. The summed E-state index contributed by atoms with van der Waals surface area (Å²) in [4.78, 5) is 13.3. The second kappa shape index (κ2) is 13.4. The average molecular weight is 596 g/mol. The molecule has 2 heterocycles. The van der Waals surface area contributed by atoms with Crippen LogP contribution in [-0.2, 0) is 11.8 Å². The van der Waals surface area contributed by atoms with Crippen molar-refractivity contribution < 1.29 is 14.3 Å². The van der Waals surface area contributed by atoms with E-state index in [-0.39, 0.29) is 23.9 Å². The molecule has 0 N–H and O–H groups in total. The lowest BCUT2D eigenvalue weighted by Gasteiger charge is -2.25. The molecule has 2 fully saturated rings. The number of carbonyl (C=O) groups is 1. The Kier molecular flexibility index (Phi) is 9.14. The van der Waals surface area contributed by atoms with Crippen LogP contribution in [0.25, 0.3) is 16.8 Å². The van der Waals surface area contributed by atoms with Gasteiger partial charge >= 0.3 is 5.97 Å². The van der Waals surface area contributed by atoms with Crippen molar-refractivity contribution in [1.29, 1.82) is 0 Å². The molecule has 2 aliphatic carbocycles. The maximum Gasteiger partial charge on any atom is 0.341 e. The van der Waals surface area contributed by atoms with Gasteiger partial charge in [0.1, 0.15) is 11.3 Å². The fourth-order valence-electron chi connectivity index (χ4n) is 6.64. The molecule has 0 bridgehead atoms. The first-order valence-corrected chi connectivity index (χ1v) is 16.3. The SMILES string of the molecule is CC(C)CCOC(=O)c1cnn(-c2cccc(-c3cccc(OC(C)CC4CCCCC4)c3)c2)c1C1CC1c1cn(C)nn1. The zero-order valence-corrected chi connectivity index (χ0v) is 26.5. The summed E-state index contributed by atoms with van der Waals surface area (Å²) in [5.74, 6) is 2.11. The molecule has 4 aromatic rings. The fraction of sp³-hybridized carbons (Fsp3) is 0.500. The molecule has 232 valence electrons. The molecule has 0 amide bonds. The van der Waals surface area contributed by atoms with Crippen LogP contribution in [0, 0.1) is 11.8 Å². The lowest BCUT2D eigenvalue weighted by Crippen LogP contribution is -2.18. The number of hydrogen-bond acceptors (Lipinski definition) is 6. The van der Waals surface area contributed by atoms with Crippen LogP contribution >= 0.6 is 0 Å². The Morgan fingerprint density at radius 2 is 1.77 bits per heavy atom. The summed E-state index contributed by atoms with van der Waals surface area (Å²) >= 11 is 0. The van der Waals surface area contributed by atoms with Gasteiger partial charge in [0.05, 0.1) is 36.0 Å². The molecule has 3 atom stereocenters. The van der Waals surface area contributed by atoms with Crippen LogP contribution in [-0.4, -0.2) is 43.5 Å². The molecule has 2 aromatic carbocycles. The molecule has 2 aliphatic rings. The van der Waals surface area contributed by atoms with Gasteiger partial charge in [-0.1, -0.05) is 75.4 Å². The number of nitrogens with zero attached hydrogens (tertiary/aromatic N) is 5. The van der Waals surface area contributed by atoms with Gasteiger partial charge in [0.15, 0.2) is 0 Å². The topological polar surface area (TPSA) is 84.1 Å². The number of benzene rings is 2. The molecular formula is C36H45N5O3. The average Bonchev–Trinajstić information content (AvgIpc) is 3.46. The molecule has 2 aromatic heterocycles. The van der Waals surface area contributed by atoms with Crippen LogP contribution in [0.3, 0.4) is 0 Å². The molecule has 0 spiro atoms. The molecule has 44 heavy (non-hydrogen) atoms. The summed E-state index contributed by atoms with van der Waals surface area (Å²) in [6.07, 6.45) is 13.4. The third-order valence-corrected chi connectivity index (χ3v) is 9.08. The zero-order valence-electron chi connectivity index (χ0n) is 26.5. The predicted molar refractivity (Wildman–Crippen MR) is 171 cm³/mol. The van der Waals surface area contributed by atoms with Gasteiger partial charge in [0.2, 0.25) is 0 Å². The Balaban J connectivity index is 1.25. The third-order valence-electron chi connectivity index (χ3n) is 9.08. The summed E-state index contributed by atoms with van der Waals surface area (Å²) in [5, 5.41) is 13.2. The van der Waals surface area contributed by atoms with Crippen LogP contribution in [0.5, 0.6) is 5.75 Å². The van der Waals surface area contributed by atoms with Crippen molar-refractivity contribution in [2.75, 3.05) is 6.61 Å². The van der Waals surface area contributed by atoms with Crippen molar-refractivity contribution in [2.45, 2.75) is 90.1 Å². The summed E-state index contributed by atoms with van der Waals surface area (Å²) in [6, 6.07) is 16.7. The van der Waals surface area contributed by atoms with E-state index in [1.54, 1.807) is 10.9 Å². The minimum Gasteiger partial charge on any atom is -0.491 e. The van der Waals surface area contributed by atoms with Crippen molar-refractivity contribution in [3.05, 3.63) is 77.9 Å². The molecule has 8 nitrogen and oxygen atoms in total. The maximum absolute atomic E-state index is 13.3. The first-order valence-electron chi connectivity index (χ1n) is 16.3. The van der Waals surface area contributed by atoms with E-state index in [9.17, 15) is 4.79 Å². The molecular weight excluding hydrogens is 550 g/mol. The van der Waals surface area contributed by atoms with Crippen LogP contribution in [0.15, 0.2) is 60.9 Å². The highest BCUT2D eigenvalue weighted by molar-refractivity contribution is 5.91. The second-order valence-electron chi connectivity index (χ2n) is 13.2. The van der Waals surface area contributed by atoms with Crippen molar-refractivity contribution in [1.82, 2.24) is 24.8 Å². The van der Waals surface area contributed by atoms with Gasteiger partial charge in [-0.05, 0) is 73.4 Å². The molecule has 2 saturated carbocycles. The summed E-state index contributed by atoms with van der Waals surface area (Å²) < 4.78 is 15.7. The molecule has 0 aliphatic heterocycles. The van der Waals surface area contributed by atoms with E-state index in [1.807, 2.05) is 36.1 Å². The third kappa shape index (κ3) is 7.06. The van der Waals surface area contributed by atoms with Gasteiger partial charge in [0, 0.05) is 25.1 Å². The number of carbonyl (C=O) groups excluding carboxylic acids is 1. The molecule has 0 radical (unpaired) electrons. The van der Waals surface area contributed by atoms with Gasteiger partial charge < -0.3 is 9.47 Å². The molecule has 3 unspecified atom stereocenters. The highest BCUT2D eigenvalue weighted by Gasteiger charge is 2.46. The Hall–Kier alpha value is -3.94. The van der Waals surface area contributed by atoms with Crippen molar-refractivity contribution in [2.24, 2.45) is 18.9 Å². The molecule has 6 rings (SSSR count). The monoisotopic (exact) mass is 595 g/mol. The first kappa shape index (κ1) is 30.1. The van der Waals surface area contributed by atoms with Crippen molar-refractivity contribution in [3.63, 3.8) is 0 Å². The summed E-state index contributed by atoms with van der Waals surface area (Å²) in [7, 11) is 1.87. The van der Waals surface area contributed by atoms with E-state index >= 15 is 0 Å². The summed E-state index contributed by atoms with van der Waals surface area (Å²) in [6.45, 7) is 6.84. The Labute approximate surface area is 260 Å². The largest absolute Gasteiger partial charge is 0.491 e. The Bertz CT molecular complexity index is 1570. The van der Waals surface area contributed by atoms with E-state index in [2.05, 4.69) is 61.4 Å². The van der Waals surface area contributed by atoms with Crippen LogP contribution in [0.2, 0.25) is 0 Å². The number of rotatable bonds is 12. The van der Waals surface area contributed by atoms with Gasteiger partial charge in [-0.15, -0.1) is 5.10 Å². The van der Waals surface area contributed by atoms with E-state index in [1.165, 1.54) is 32.1 Å². The normalized spacial score (nSPS) is 19.2. The van der Waals surface area contributed by atoms with Gasteiger partial charge in [-0.3, -0.25) is 4.68 Å². The highest BCUT2D eigenvalue weighted by Crippen LogP contribution is 2.55. The van der Waals surface area contributed by atoms with E-state index < -0.39 is 0 Å². The number of esters is 1. The molecule has 8 heteroatoms. The number of hydrogen-bond donors (Lipinski definition) is 0. The Morgan fingerprint density at radius 3 is 2.52 bits per heavy atom. The van der Waals surface area contributed by atoms with E-state index in [0.29, 0.717) is 18.1 Å². The standard InChI is InChI=1S/C36H45N5O3/c1-24(2)16-17-43-36(42)33-22-37-41(35(33)32-21-31(32)34-23-40(4)39-38-34)29-14-8-12-27(19-29)28-13-9-15-30(20-28)44-25(3)18-26-10-6-5-7-11-26/h8-9,12-15,19-20,22-26,31-32H,5-7,10-11,16-18,21H2,1-4H3. The number of ether oxygens (including phenoxy) is 2. The zero-order chi connectivity index (χ0) is 30.6. The van der Waals surface area contributed by atoms with Crippen molar-refractivity contribution in [3.8, 4) is 22.6 Å². The number of aromatic nitrogens is 5. The fourth-order valence-corrected chi connectivity index (χ4v) is 6.64. The first-order chi connectivity index (χ1) is 21.4. The molecule has 0 saturated heterocycles. The van der Waals surface area contributed by atoms with Gasteiger partial charge in [0.25, 0.3) is 0 Å². The smallest absolute Gasteiger partial charge is 0.341 e. The maximum atomic E-state index is 13.3. The van der Waals surface area contributed by atoms with Crippen molar-refractivity contribution >= 4 is 5.97 Å².